The van der Waals surface area contributed by atoms with Gasteiger partial charge in [0.2, 0.25) is 5.91 Å². The highest BCUT2D eigenvalue weighted by atomic mass is 16.5. The van der Waals surface area contributed by atoms with E-state index in [1.807, 2.05) is 53.4 Å². The Balaban J connectivity index is 1.34. The van der Waals surface area contributed by atoms with Crippen molar-refractivity contribution in [1.82, 2.24) is 9.55 Å². The topological polar surface area (TPSA) is 56.6 Å². The van der Waals surface area contributed by atoms with E-state index in [9.17, 15) is 4.79 Å². The van der Waals surface area contributed by atoms with Gasteiger partial charge in [0, 0.05) is 37.2 Å². The molecule has 0 spiro atoms. The smallest absolute Gasteiger partial charge is 0.227 e. The van der Waals surface area contributed by atoms with Crippen molar-refractivity contribution in [3.05, 3.63) is 83.7 Å². The Hall–Kier alpha value is -3.80. The molecule has 3 aromatic carbocycles. The number of aromatic nitrogens is 2. The van der Waals surface area contributed by atoms with Crippen LogP contribution >= 0.6 is 0 Å². The van der Waals surface area contributed by atoms with Gasteiger partial charge in [0.25, 0.3) is 0 Å². The van der Waals surface area contributed by atoms with Gasteiger partial charge in [-0.1, -0.05) is 35.9 Å². The Bertz CT molecular complexity index is 1360. The molecule has 1 aromatic heterocycles. The molecule has 0 radical (unpaired) electrons. The number of benzene rings is 3. The number of para-hydroxylation sites is 2. The predicted octanol–water partition coefficient (Wildman–Crippen LogP) is 5.65. The van der Waals surface area contributed by atoms with Crippen LogP contribution in [0.5, 0.6) is 11.5 Å². The average Bonchev–Trinajstić information content (AvgIpc) is 3.43. The molecule has 1 amide bonds. The monoisotopic (exact) mass is 469 g/mol. The number of nitrogens with zero attached hydrogens (tertiary/aromatic N) is 3. The van der Waals surface area contributed by atoms with Crippen molar-refractivity contribution in [3.63, 3.8) is 0 Å². The Morgan fingerprint density at radius 1 is 1.03 bits per heavy atom. The van der Waals surface area contributed by atoms with Crippen LogP contribution < -0.4 is 14.4 Å². The summed E-state index contributed by atoms with van der Waals surface area (Å²) in [7, 11) is 1.64. The molecule has 5 rings (SSSR count). The quantitative estimate of drug-likeness (QED) is 0.313. The van der Waals surface area contributed by atoms with Gasteiger partial charge in [-0.15, -0.1) is 0 Å². The third-order valence-corrected chi connectivity index (χ3v) is 6.65. The first kappa shape index (κ1) is 23.0. The van der Waals surface area contributed by atoms with Crippen molar-refractivity contribution in [2.45, 2.75) is 39.2 Å². The molecule has 1 atom stereocenters. The number of carbonyl (C=O) groups is 1. The summed E-state index contributed by atoms with van der Waals surface area (Å²) in [6.45, 7) is 6.18. The highest BCUT2D eigenvalue weighted by Crippen LogP contribution is 2.34. The molecule has 0 bridgehead atoms. The largest absolute Gasteiger partial charge is 0.497 e. The van der Waals surface area contributed by atoms with E-state index in [0.717, 1.165) is 52.6 Å². The fraction of sp³-hybridized carbons (Fsp3) is 0.310. The highest BCUT2D eigenvalue weighted by molar-refractivity contribution is 5.96. The first-order chi connectivity index (χ1) is 17.0. The fourth-order valence-electron chi connectivity index (χ4n) is 4.92. The molecule has 35 heavy (non-hydrogen) atoms. The zero-order chi connectivity index (χ0) is 24.4. The van der Waals surface area contributed by atoms with Crippen LogP contribution in [0, 0.1) is 13.8 Å². The third-order valence-electron chi connectivity index (χ3n) is 6.65. The van der Waals surface area contributed by atoms with Crippen molar-refractivity contribution >= 4 is 22.6 Å². The van der Waals surface area contributed by atoms with E-state index in [0.29, 0.717) is 19.6 Å². The number of anilines is 1. The standard InChI is InChI=1S/C29H31N3O3/c1-20-12-13-27(21(2)16-20)35-15-7-14-31-26-11-5-4-10-25(26)30-29(31)22-17-28(33)32(19-22)23-8-6-9-24(18-23)34-3/h4-6,8-13,16,18,22H,7,14-15,17,19H2,1-3H3. The minimum atomic E-state index is 0.0290. The number of fused-ring (bicyclic) bond motifs is 1. The second kappa shape index (κ2) is 9.82. The number of ether oxygens (including phenoxy) is 2. The maximum atomic E-state index is 13.0. The van der Waals surface area contributed by atoms with E-state index >= 15 is 0 Å². The molecule has 1 unspecified atom stereocenters. The lowest BCUT2D eigenvalue weighted by Crippen LogP contribution is -2.24. The van der Waals surface area contributed by atoms with Crippen LogP contribution in [0.15, 0.2) is 66.7 Å². The van der Waals surface area contributed by atoms with Crippen LogP contribution in [-0.2, 0) is 11.3 Å². The number of carbonyl (C=O) groups excluding carboxylic acids is 1. The number of methoxy groups -OCH3 is 1. The molecule has 4 aromatic rings. The van der Waals surface area contributed by atoms with Gasteiger partial charge < -0.3 is 18.9 Å². The van der Waals surface area contributed by atoms with Crippen LogP contribution in [0.1, 0.15) is 35.7 Å². The van der Waals surface area contributed by atoms with Gasteiger partial charge in [-0.05, 0) is 56.2 Å². The van der Waals surface area contributed by atoms with E-state index in [2.05, 4.69) is 36.6 Å². The molecule has 1 aliphatic heterocycles. The summed E-state index contributed by atoms with van der Waals surface area (Å²) in [5.41, 5.74) is 5.31. The third kappa shape index (κ3) is 4.74. The summed E-state index contributed by atoms with van der Waals surface area (Å²) in [6.07, 6.45) is 1.29. The minimum Gasteiger partial charge on any atom is -0.497 e. The number of hydrogen-bond acceptors (Lipinski definition) is 4. The Morgan fingerprint density at radius 2 is 1.89 bits per heavy atom. The second-order valence-electron chi connectivity index (χ2n) is 9.19. The van der Waals surface area contributed by atoms with E-state index in [1.54, 1.807) is 7.11 Å². The van der Waals surface area contributed by atoms with Crippen LogP contribution in [0.3, 0.4) is 0 Å². The molecule has 6 heteroatoms. The lowest BCUT2D eigenvalue weighted by atomic mass is 10.1. The summed E-state index contributed by atoms with van der Waals surface area (Å²) < 4.78 is 13.7. The second-order valence-corrected chi connectivity index (χ2v) is 9.19. The van der Waals surface area contributed by atoms with Crippen molar-refractivity contribution in [3.8, 4) is 11.5 Å². The van der Waals surface area contributed by atoms with Crippen LogP contribution in [0.2, 0.25) is 0 Å². The van der Waals surface area contributed by atoms with Crippen molar-refractivity contribution in [1.29, 1.82) is 0 Å². The van der Waals surface area contributed by atoms with Crippen LogP contribution in [0.25, 0.3) is 11.0 Å². The average molecular weight is 470 g/mol. The van der Waals surface area contributed by atoms with Gasteiger partial charge >= 0.3 is 0 Å². The maximum Gasteiger partial charge on any atom is 0.227 e. The van der Waals surface area contributed by atoms with Gasteiger partial charge in [0.05, 0.1) is 24.8 Å². The van der Waals surface area contributed by atoms with Gasteiger partial charge in [-0.2, -0.15) is 0 Å². The predicted molar refractivity (Wildman–Crippen MR) is 138 cm³/mol. The van der Waals surface area contributed by atoms with Crippen molar-refractivity contribution < 1.29 is 14.3 Å². The number of rotatable bonds is 8. The molecule has 0 saturated carbocycles. The molecule has 0 aliphatic carbocycles. The Labute approximate surface area is 206 Å². The number of amides is 1. The molecule has 0 N–H and O–H groups in total. The molecule has 2 heterocycles. The Kier molecular flexibility index (Phi) is 6.45. The molecule has 1 aliphatic rings. The summed E-state index contributed by atoms with van der Waals surface area (Å²) in [6, 6.07) is 22.1. The number of aryl methyl sites for hydroxylation is 3. The molecule has 180 valence electrons. The first-order valence-corrected chi connectivity index (χ1v) is 12.1. The zero-order valence-corrected chi connectivity index (χ0v) is 20.5. The fourth-order valence-corrected chi connectivity index (χ4v) is 4.92. The van der Waals surface area contributed by atoms with Gasteiger partial charge in [-0.25, -0.2) is 4.98 Å². The molecular weight excluding hydrogens is 438 g/mol. The van der Waals surface area contributed by atoms with Crippen LogP contribution in [0.4, 0.5) is 5.69 Å². The minimum absolute atomic E-state index is 0.0290. The van der Waals surface area contributed by atoms with Gasteiger partial charge in [0.1, 0.15) is 17.3 Å². The number of imidazole rings is 1. The number of hydrogen-bond donors (Lipinski definition) is 0. The molecule has 1 saturated heterocycles. The van der Waals surface area contributed by atoms with Crippen molar-refractivity contribution in [2.75, 3.05) is 25.2 Å². The molecule has 6 nitrogen and oxygen atoms in total. The van der Waals surface area contributed by atoms with Crippen LogP contribution in [-0.4, -0.2) is 35.7 Å². The zero-order valence-electron chi connectivity index (χ0n) is 20.5. The normalized spacial score (nSPS) is 15.7. The molecule has 1 fully saturated rings. The summed E-state index contributed by atoms with van der Waals surface area (Å²) >= 11 is 0. The van der Waals surface area contributed by atoms with Gasteiger partial charge in [-0.3, -0.25) is 4.79 Å². The van der Waals surface area contributed by atoms with E-state index in [-0.39, 0.29) is 11.8 Å². The lowest BCUT2D eigenvalue weighted by molar-refractivity contribution is -0.117. The van der Waals surface area contributed by atoms with E-state index in [1.165, 1.54) is 5.56 Å². The summed E-state index contributed by atoms with van der Waals surface area (Å²) in [5.74, 6) is 2.79. The first-order valence-electron chi connectivity index (χ1n) is 12.1. The Morgan fingerprint density at radius 3 is 2.71 bits per heavy atom. The maximum absolute atomic E-state index is 13.0. The summed E-state index contributed by atoms with van der Waals surface area (Å²) in [4.78, 5) is 19.8. The lowest BCUT2D eigenvalue weighted by Gasteiger charge is -2.18. The van der Waals surface area contributed by atoms with E-state index < -0.39 is 0 Å². The highest BCUT2D eigenvalue weighted by Gasteiger charge is 2.35. The van der Waals surface area contributed by atoms with Gasteiger partial charge in [0.15, 0.2) is 0 Å². The molecular formula is C29H31N3O3. The summed E-state index contributed by atoms with van der Waals surface area (Å²) in [5, 5.41) is 0. The SMILES string of the molecule is COc1cccc(N2CC(c3nc4ccccc4n3CCCOc3ccc(C)cc3C)CC2=O)c1. The van der Waals surface area contributed by atoms with E-state index in [4.69, 9.17) is 14.5 Å². The van der Waals surface area contributed by atoms with Crippen molar-refractivity contribution in [2.24, 2.45) is 0 Å².